The molecule has 3 nitrogen and oxygen atoms in total. The second kappa shape index (κ2) is 5.25. The Labute approximate surface area is 111 Å². The van der Waals surface area contributed by atoms with Crippen molar-refractivity contribution in [1.82, 2.24) is 10.2 Å². The largest absolute Gasteiger partial charge is 0.333 e. The lowest BCUT2D eigenvalue weighted by atomic mass is 10.1. The number of rotatable bonds is 1. The van der Waals surface area contributed by atoms with E-state index in [0.29, 0.717) is 22.2 Å². The van der Waals surface area contributed by atoms with E-state index in [1.807, 2.05) is 11.8 Å². The number of amides is 1. The van der Waals surface area contributed by atoms with E-state index >= 15 is 0 Å². The molecule has 1 amide bonds. The maximum Gasteiger partial charge on any atom is 0.255 e. The van der Waals surface area contributed by atoms with E-state index in [4.69, 9.17) is 23.2 Å². The molecule has 1 aliphatic heterocycles. The Morgan fingerprint density at radius 2 is 2.24 bits per heavy atom. The van der Waals surface area contributed by atoms with Crippen LogP contribution in [-0.4, -0.2) is 36.5 Å². The van der Waals surface area contributed by atoms with Crippen LogP contribution in [0.2, 0.25) is 10.0 Å². The molecule has 0 spiro atoms. The van der Waals surface area contributed by atoms with Gasteiger partial charge in [0.05, 0.1) is 10.6 Å². The molecule has 0 aromatic heterocycles. The van der Waals surface area contributed by atoms with Gasteiger partial charge in [-0.25, -0.2) is 0 Å². The van der Waals surface area contributed by atoms with Crippen LogP contribution >= 0.6 is 23.2 Å². The van der Waals surface area contributed by atoms with Crippen molar-refractivity contribution in [3.8, 4) is 0 Å². The highest BCUT2D eigenvalue weighted by molar-refractivity contribution is 6.35. The predicted octanol–water partition coefficient (Wildman–Crippen LogP) is 2.43. The molecule has 1 aliphatic rings. The average Bonchev–Trinajstić information content (AvgIpc) is 2.32. The smallest absolute Gasteiger partial charge is 0.255 e. The molecule has 0 bridgehead atoms. The molecule has 1 fully saturated rings. The standard InChI is InChI=1S/C12H14Cl2N2O/c1-8-7-15-4-5-16(8)12(17)10-6-9(13)2-3-11(10)14/h2-3,6,8,15H,4-5,7H2,1H3. The summed E-state index contributed by atoms with van der Waals surface area (Å²) in [6, 6.07) is 5.14. The fourth-order valence-corrected chi connectivity index (χ4v) is 2.33. The van der Waals surface area contributed by atoms with Gasteiger partial charge in [-0.2, -0.15) is 0 Å². The van der Waals surface area contributed by atoms with Crippen LogP contribution in [0.3, 0.4) is 0 Å². The normalized spacial score (nSPS) is 20.4. The molecule has 17 heavy (non-hydrogen) atoms. The number of hydrogen-bond donors (Lipinski definition) is 1. The minimum absolute atomic E-state index is 0.0495. The van der Waals surface area contributed by atoms with E-state index in [1.54, 1.807) is 18.2 Å². The van der Waals surface area contributed by atoms with Crippen LogP contribution in [-0.2, 0) is 0 Å². The molecule has 5 heteroatoms. The van der Waals surface area contributed by atoms with Crippen LogP contribution in [0.15, 0.2) is 18.2 Å². The summed E-state index contributed by atoms with van der Waals surface area (Å²) in [5, 5.41) is 4.22. The Kier molecular flexibility index (Phi) is 3.92. The minimum atomic E-state index is -0.0495. The molecule has 1 heterocycles. The first-order valence-electron chi connectivity index (χ1n) is 5.56. The summed E-state index contributed by atoms with van der Waals surface area (Å²) in [5.41, 5.74) is 0.480. The SMILES string of the molecule is CC1CNCCN1C(=O)c1cc(Cl)ccc1Cl. The summed E-state index contributed by atoms with van der Waals surface area (Å²) in [7, 11) is 0. The lowest BCUT2D eigenvalue weighted by Crippen LogP contribution is -2.52. The van der Waals surface area contributed by atoms with Crippen molar-refractivity contribution in [2.75, 3.05) is 19.6 Å². The first-order valence-corrected chi connectivity index (χ1v) is 6.32. The Balaban J connectivity index is 2.26. The van der Waals surface area contributed by atoms with E-state index < -0.39 is 0 Å². The molecule has 1 aromatic carbocycles. The first kappa shape index (κ1) is 12.7. The van der Waals surface area contributed by atoms with Crippen molar-refractivity contribution in [2.24, 2.45) is 0 Å². The van der Waals surface area contributed by atoms with Crippen molar-refractivity contribution in [2.45, 2.75) is 13.0 Å². The third kappa shape index (κ3) is 2.73. The van der Waals surface area contributed by atoms with Crippen molar-refractivity contribution in [1.29, 1.82) is 0 Å². The quantitative estimate of drug-likeness (QED) is 0.852. The Bertz CT molecular complexity index is 437. The zero-order chi connectivity index (χ0) is 12.4. The molecule has 1 N–H and O–H groups in total. The molecule has 92 valence electrons. The zero-order valence-corrected chi connectivity index (χ0v) is 11.1. The molecule has 0 saturated carbocycles. The van der Waals surface area contributed by atoms with Gasteiger partial charge in [-0.05, 0) is 25.1 Å². The summed E-state index contributed by atoms with van der Waals surface area (Å²) in [5.74, 6) is -0.0495. The first-order chi connectivity index (χ1) is 8.09. The van der Waals surface area contributed by atoms with Gasteiger partial charge < -0.3 is 10.2 Å². The van der Waals surface area contributed by atoms with Crippen molar-refractivity contribution < 1.29 is 4.79 Å². The highest BCUT2D eigenvalue weighted by Gasteiger charge is 2.25. The van der Waals surface area contributed by atoms with Crippen molar-refractivity contribution in [3.63, 3.8) is 0 Å². The zero-order valence-electron chi connectivity index (χ0n) is 9.54. The van der Waals surface area contributed by atoms with Crippen LogP contribution in [0.5, 0.6) is 0 Å². The third-order valence-electron chi connectivity index (χ3n) is 2.92. The van der Waals surface area contributed by atoms with Gasteiger partial charge in [-0.1, -0.05) is 23.2 Å². The number of benzene rings is 1. The molecule has 1 aromatic rings. The molecule has 2 rings (SSSR count). The molecule has 1 atom stereocenters. The van der Waals surface area contributed by atoms with E-state index in [-0.39, 0.29) is 11.9 Å². The highest BCUT2D eigenvalue weighted by Crippen LogP contribution is 2.23. The van der Waals surface area contributed by atoms with Crippen molar-refractivity contribution in [3.05, 3.63) is 33.8 Å². The van der Waals surface area contributed by atoms with Crippen LogP contribution in [0.25, 0.3) is 0 Å². The van der Waals surface area contributed by atoms with Crippen LogP contribution in [0, 0.1) is 0 Å². The molecule has 0 radical (unpaired) electrons. The second-order valence-electron chi connectivity index (χ2n) is 4.18. The van der Waals surface area contributed by atoms with Gasteiger partial charge >= 0.3 is 0 Å². The topological polar surface area (TPSA) is 32.3 Å². The summed E-state index contributed by atoms with van der Waals surface area (Å²) >= 11 is 11.9. The summed E-state index contributed by atoms with van der Waals surface area (Å²) in [6.45, 7) is 4.34. The fourth-order valence-electron chi connectivity index (χ4n) is 1.96. The van der Waals surface area contributed by atoms with E-state index in [9.17, 15) is 4.79 Å². The summed E-state index contributed by atoms with van der Waals surface area (Å²) < 4.78 is 0. The van der Waals surface area contributed by atoms with Gasteiger partial charge in [0.15, 0.2) is 0 Å². The van der Waals surface area contributed by atoms with Gasteiger partial charge in [0.2, 0.25) is 0 Å². The molecule has 1 saturated heterocycles. The number of carbonyl (C=O) groups is 1. The van der Waals surface area contributed by atoms with Crippen LogP contribution in [0.4, 0.5) is 0 Å². The molecular formula is C12H14Cl2N2O. The van der Waals surface area contributed by atoms with Gasteiger partial charge in [0, 0.05) is 30.7 Å². The maximum atomic E-state index is 12.3. The number of nitrogens with zero attached hydrogens (tertiary/aromatic N) is 1. The third-order valence-corrected chi connectivity index (χ3v) is 3.49. The summed E-state index contributed by atoms with van der Waals surface area (Å²) in [4.78, 5) is 14.2. The van der Waals surface area contributed by atoms with Gasteiger partial charge in [0.25, 0.3) is 5.91 Å². The van der Waals surface area contributed by atoms with Crippen LogP contribution in [0.1, 0.15) is 17.3 Å². The van der Waals surface area contributed by atoms with E-state index in [1.165, 1.54) is 0 Å². The van der Waals surface area contributed by atoms with Gasteiger partial charge in [-0.15, -0.1) is 0 Å². The maximum absolute atomic E-state index is 12.3. The van der Waals surface area contributed by atoms with Crippen molar-refractivity contribution >= 4 is 29.1 Å². The fraction of sp³-hybridized carbons (Fsp3) is 0.417. The minimum Gasteiger partial charge on any atom is -0.333 e. The molecular weight excluding hydrogens is 259 g/mol. The van der Waals surface area contributed by atoms with Gasteiger partial charge in [0.1, 0.15) is 0 Å². The summed E-state index contributed by atoms with van der Waals surface area (Å²) in [6.07, 6.45) is 0. The Morgan fingerprint density at radius 1 is 1.47 bits per heavy atom. The Hall–Kier alpha value is -0.770. The van der Waals surface area contributed by atoms with E-state index in [0.717, 1.165) is 13.1 Å². The predicted molar refractivity (Wildman–Crippen MR) is 69.8 cm³/mol. The average molecular weight is 273 g/mol. The highest BCUT2D eigenvalue weighted by atomic mass is 35.5. The van der Waals surface area contributed by atoms with Crippen LogP contribution < -0.4 is 5.32 Å². The lowest BCUT2D eigenvalue weighted by Gasteiger charge is -2.34. The molecule has 1 unspecified atom stereocenters. The molecule has 0 aliphatic carbocycles. The number of piperazine rings is 1. The Morgan fingerprint density at radius 3 is 2.94 bits per heavy atom. The number of carbonyl (C=O) groups excluding carboxylic acids is 1. The second-order valence-corrected chi connectivity index (χ2v) is 5.02. The lowest BCUT2D eigenvalue weighted by molar-refractivity contribution is 0.0656. The number of hydrogen-bond acceptors (Lipinski definition) is 2. The van der Waals surface area contributed by atoms with Gasteiger partial charge in [-0.3, -0.25) is 4.79 Å². The monoisotopic (exact) mass is 272 g/mol. The van der Waals surface area contributed by atoms with E-state index in [2.05, 4.69) is 5.32 Å². The number of nitrogens with one attached hydrogen (secondary N) is 1. The number of halogens is 2.